The van der Waals surface area contributed by atoms with Crippen molar-refractivity contribution < 1.29 is 19.0 Å². The molecular weight excluding hydrogens is 326 g/mol. The lowest BCUT2D eigenvalue weighted by Crippen LogP contribution is -2.31. The van der Waals surface area contributed by atoms with Gasteiger partial charge in [-0.25, -0.2) is 4.68 Å². The summed E-state index contributed by atoms with van der Waals surface area (Å²) in [5, 5.41) is 7.26. The van der Waals surface area contributed by atoms with Crippen molar-refractivity contribution in [1.82, 2.24) is 14.8 Å². The smallest absolute Gasteiger partial charge is 0.248 e. The molecule has 0 radical (unpaired) electrons. The Morgan fingerprint density at radius 1 is 1.20 bits per heavy atom. The average molecular weight is 345 g/mol. The summed E-state index contributed by atoms with van der Waals surface area (Å²) in [6.07, 6.45) is 1.41. The first-order valence-corrected chi connectivity index (χ1v) is 7.48. The minimum absolute atomic E-state index is 0.382. The van der Waals surface area contributed by atoms with E-state index in [0.717, 1.165) is 0 Å². The van der Waals surface area contributed by atoms with Crippen LogP contribution in [-0.4, -0.2) is 42.0 Å². The number of nitrogens with one attached hydrogen (secondary N) is 1. The third-order valence-electron chi connectivity index (χ3n) is 4.06. The first-order chi connectivity index (χ1) is 12.0. The maximum absolute atomic E-state index is 12.1. The second-order valence-electron chi connectivity index (χ2n) is 5.42. The number of amides is 1. The van der Waals surface area contributed by atoms with Gasteiger partial charge in [0.2, 0.25) is 17.6 Å². The number of fused-ring (bicyclic) bond motifs is 1. The quantitative estimate of drug-likeness (QED) is 0.833. The predicted octanol–water partition coefficient (Wildman–Crippen LogP) is 1.08. The number of hydrogen-bond donors (Lipinski definition) is 2. The highest BCUT2D eigenvalue weighted by Gasteiger charge is 2.33. The number of primary amides is 1. The molecule has 2 aromatic rings. The molecule has 0 fully saturated rings. The Morgan fingerprint density at radius 3 is 2.36 bits per heavy atom. The molecule has 1 atom stereocenters. The molecule has 0 saturated carbocycles. The third kappa shape index (κ3) is 2.63. The summed E-state index contributed by atoms with van der Waals surface area (Å²) in [4.78, 5) is 16.3. The summed E-state index contributed by atoms with van der Waals surface area (Å²) in [7, 11) is 4.58. The number of benzene rings is 1. The van der Waals surface area contributed by atoms with Gasteiger partial charge in [0, 0.05) is 5.70 Å². The fourth-order valence-electron chi connectivity index (χ4n) is 2.98. The molecule has 1 aromatic carbocycles. The van der Waals surface area contributed by atoms with Gasteiger partial charge in [-0.1, -0.05) is 0 Å². The van der Waals surface area contributed by atoms with Crippen molar-refractivity contribution in [3.63, 3.8) is 0 Å². The molecule has 0 aliphatic carbocycles. The van der Waals surface area contributed by atoms with Crippen LogP contribution >= 0.6 is 0 Å². The highest BCUT2D eigenvalue weighted by molar-refractivity contribution is 5.95. The minimum Gasteiger partial charge on any atom is -0.493 e. The van der Waals surface area contributed by atoms with E-state index in [2.05, 4.69) is 15.4 Å². The van der Waals surface area contributed by atoms with Crippen LogP contribution in [0.5, 0.6) is 17.2 Å². The molecular formula is C16H19N5O4. The highest BCUT2D eigenvalue weighted by Crippen LogP contribution is 2.43. The van der Waals surface area contributed by atoms with Crippen LogP contribution in [0.4, 0.5) is 5.95 Å². The van der Waals surface area contributed by atoms with Crippen molar-refractivity contribution in [2.45, 2.75) is 13.0 Å². The van der Waals surface area contributed by atoms with Crippen LogP contribution in [0, 0.1) is 0 Å². The van der Waals surface area contributed by atoms with Crippen molar-refractivity contribution in [3.8, 4) is 17.2 Å². The number of carbonyl (C=O) groups is 1. The van der Waals surface area contributed by atoms with Crippen molar-refractivity contribution in [2.75, 3.05) is 26.6 Å². The molecule has 0 saturated heterocycles. The van der Waals surface area contributed by atoms with Crippen LogP contribution in [0.15, 0.2) is 29.7 Å². The second kappa shape index (κ2) is 6.34. The van der Waals surface area contributed by atoms with Crippen LogP contribution in [0.25, 0.3) is 0 Å². The summed E-state index contributed by atoms with van der Waals surface area (Å²) in [6.45, 7) is 1.77. The molecule has 2 heterocycles. The van der Waals surface area contributed by atoms with E-state index in [1.807, 2.05) is 0 Å². The van der Waals surface area contributed by atoms with Gasteiger partial charge in [0.15, 0.2) is 11.5 Å². The fourth-order valence-corrected chi connectivity index (χ4v) is 2.98. The van der Waals surface area contributed by atoms with Crippen molar-refractivity contribution >= 4 is 11.9 Å². The molecule has 3 rings (SSSR count). The molecule has 0 unspecified atom stereocenters. The average Bonchev–Trinajstić information content (AvgIpc) is 3.06. The molecule has 25 heavy (non-hydrogen) atoms. The molecule has 0 bridgehead atoms. The number of hydrogen-bond acceptors (Lipinski definition) is 7. The molecule has 0 spiro atoms. The van der Waals surface area contributed by atoms with E-state index in [-0.39, 0.29) is 0 Å². The van der Waals surface area contributed by atoms with Crippen molar-refractivity contribution in [2.24, 2.45) is 5.73 Å². The molecule has 1 aromatic heterocycles. The van der Waals surface area contributed by atoms with Crippen LogP contribution in [0.3, 0.4) is 0 Å². The zero-order chi connectivity index (χ0) is 18.1. The maximum atomic E-state index is 12.1. The van der Waals surface area contributed by atoms with Gasteiger partial charge in [0.25, 0.3) is 0 Å². The minimum atomic E-state index is -0.565. The monoisotopic (exact) mass is 345 g/mol. The SMILES string of the molecule is COc1cc([C@@H]2C(C(N)=O)=C(C)Nc3ncnn32)cc(OC)c1OC. The van der Waals surface area contributed by atoms with Gasteiger partial charge in [0.05, 0.1) is 26.9 Å². The lowest BCUT2D eigenvalue weighted by atomic mass is 9.94. The van der Waals surface area contributed by atoms with Crippen LogP contribution < -0.4 is 25.3 Å². The molecule has 1 aliphatic heterocycles. The Hall–Kier alpha value is -3.23. The number of rotatable bonds is 5. The number of methoxy groups -OCH3 is 3. The second-order valence-corrected chi connectivity index (χ2v) is 5.42. The van der Waals surface area contributed by atoms with Crippen molar-refractivity contribution in [3.05, 3.63) is 35.3 Å². The van der Waals surface area contributed by atoms with E-state index < -0.39 is 11.9 Å². The molecule has 3 N–H and O–H groups in total. The Bertz CT molecular complexity index is 833. The Kier molecular flexibility index (Phi) is 4.22. The summed E-state index contributed by atoms with van der Waals surface area (Å²) < 4.78 is 17.7. The highest BCUT2D eigenvalue weighted by atomic mass is 16.5. The summed E-state index contributed by atoms with van der Waals surface area (Å²) in [6, 6.07) is 2.96. The Labute approximate surface area is 144 Å². The van der Waals surface area contributed by atoms with E-state index in [1.165, 1.54) is 27.7 Å². The molecule has 132 valence electrons. The van der Waals surface area contributed by atoms with Gasteiger partial charge in [0.1, 0.15) is 12.4 Å². The number of allylic oxidation sites excluding steroid dienone is 1. The zero-order valence-corrected chi connectivity index (χ0v) is 14.4. The van der Waals surface area contributed by atoms with Crippen LogP contribution in [0.1, 0.15) is 18.5 Å². The van der Waals surface area contributed by atoms with Gasteiger partial charge in [-0.2, -0.15) is 10.1 Å². The normalized spacial score (nSPS) is 16.1. The topological polar surface area (TPSA) is 114 Å². The molecule has 1 amide bonds. The van der Waals surface area contributed by atoms with E-state index >= 15 is 0 Å². The Balaban J connectivity index is 2.25. The number of aromatic nitrogens is 3. The van der Waals surface area contributed by atoms with Crippen LogP contribution in [0.2, 0.25) is 0 Å². The van der Waals surface area contributed by atoms with E-state index in [0.29, 0.717) is 40.0 Å². The first kappa shape index (κ1) is 16.6. The number of nitrogens with zero attached hydrogens (tertiary/aromatic N) is 3. The van der Waals surface area contributed by atoms with Gasteiger partial charge in [-0.15, -0.1) is 0 Å². The first-order valence-electron chi connectivity index (χ1n) is 7.48. The number of nitrogens with two attached hydrogens (primary N) is 1. The third-order valence-corrected chi connectivity index (χ3v) is 4.06. The van der Waals surface area contributed by atoms with Crippen LogP contribution in [-0.2, 0) is 4.79 Å². The molecule has 9 heteroatoms. The molecule has 1 aliphatic rings. The summed E-state index contributed by atoms with van der Waals surface area (Å²) >= 11 is 0. The maximum Gasteiger partial charge on any atom is 0.248 e. The lowest BCUT2D eigenvalue weighted by Gasteiger charge is -2.28. The summed E-state index contributed by atoms with van der Waals surface area (Å²) in [5.41, 5.74) is 7.33. The Morgan fingerprint density at radius 2 is 1.84 bits per heavy atom. The van der Waals surface area contributed by atoms with Gasteiger partial charge in [-0.05, 0) is 24.6 Å². The number of anilines is 1. The zero-order valence-electron chi connectivity index (χ0n) is 14.4. The largest absolute Gasteiger partial charge is 0.493 e. The fraction of sp³-hybridized carbons (Fsp3) is 0.312. The van der Waals surface area contributed by atoms with Gasteiger partial charge in [-0.3, -0.25) is 4.79 Å². The molecule has 9 nitrogen and oxygen atoms in total. The number of ether oxygens (including phenoxy) is 3. The summed E-state index contributed by atoms with van der Waals surface area (Å²) in [5.74, 6) is 1.37. The standard InChI is InChI=1S/C16H19N5O4/c1-8-12(15(17)22)13(21-16(20-8)18-7-19-21)9-5-10(23-2)14(25-4)11(6-9)24-3/h5-7,13H,1-4H3,(H2,17,22)(H,18,19,20)/t13-/m1/s1. The van der Waals surface area contributed by atoms with E-state index in [4.69, 9.17) is 19.9 Å². The lowest BCUT2D eigenvalue weighted by molar-refractivity contribution is -0.115. The van der Waals surface area contributed by atoms with Gasteiger partial charge < -0.3 is 25.3 Å². The van der Waals surface area contributed by atoms with Crippen molar-refractivity contribution in [1.29, 1.82) is 0 Å². The predicted molar refractivity (Wildman–Crippen MR) is 89.8 cm³/mol. The number of carbonyl (C=O) groups excluding carboxylic acids is 1. The van der Waals surface area contributed by atoms with E-state index in [1.54, 1.807) is 23.7 Å². The van der Waals surface area contributed by atoms with E-state index in [9.17, 15) is 4.79 Å². The van der Waals surface area contributed by atoms with Gasteiger partial charge >= 0.3 is 0 Å².